The molecule has 2 heterocycles. The number of nitrogens with two attached hydrogens (primary N) is 1. The van der Waals surface area contributed by atoms with E-state index in [9.17, 15) is 9.59 Å². The monoisotopic (exact) mass is 692 g/mol. The summed E-state index contributed by atoms with van der Waals surface area (Å²) in [6.45, 7) is 0.949. The summed E-state index contributed by atoms with van der Waals surface area (Å²) in [5.74, 6) is 0.333. The number of halogens is 4. The summed E-state index contributed by atoms with van der Waals surface area (Å²) in [4.78, 5) is 35.7. The molecule has 0 fully saturated rings. The number of imidazole rings is 1. The number of nitrogens with zero attached hydrogens (tertiary/aromatic N) is 1. The van der Waals surface area contributed by atoms with Gasteiger partial charge in [0.05, 0.1) is 14.8 Å². The SMILES string of the molecule is Nc1nc2c([nH]1)CC(CNC(=O)C1=CC(Br)=C(Br)C1)C(CNC(=O)c1cc(Br)c(Br)[nH]1)C2. The Labute approximate surface area is 218 Å². The summed E-state index contributed by atoms with van der Waals surface area (Å²) in [5.41, 5.74) is 8.94. The number of carbonyl (C=O) groups is 2. The molecule has 0 bridgehead atoms. The van der Waals surface area contributed by atoms with Crippen LogP contribution in [0.15, 0.2) is 35.8 Å². The number of allylic oxidation sites excluding steroid dienone is 3. The first-order valence-corrected chi connectivity index (χ1v) is 13.1. The fraction of sp³-hybridized carbons (Fsp3) is 0.350. The van der Waals surface area contributed by atoms with Crippen molar-refractivity contribution in [1.29, 1.82) is 0 Å². The Kier molecular flexibility index (Phi) is 7.33. The number of amides is 2. The van der Waals surface area contributed by atoms with Gasteiger partial charge in [-0.1, -0.05) is 15.9 Å². The summed E-state index contributed by atoms with van der Waals surface area (Å²) >= 11 is 13.6. The highest BCUT2D eigenvalue weighted by atomic mass is 79.9. The maximum absolute atomic E-state index is 12.7. The molecule has 0 saturated carbocycles. The van der Waals surface area contributed by atoms with Crippen LogP contribution in [0.2, 0.25) is 0 Å². The number of aromatic nitrogens is 3. The predicted molar refractivity (Wildman–Crippen MR) is 137 cm³/mol. The second-order valence-electron chi connectivity index (χ2n) is 7.84. The van der Waals surface area contributed by atoms with Gasteiger partial charge in [0.15, 0.2) is 5.95 Å². The van der Waals surface area contributed by atoms with Crippen molar-refractivity contribution in [3.05, 3.63) is 52.8 Å². The fourth-order valence-corrected chi connectivity index (χ4v) is 5.48. The molecule has 0 saturated heterocycles. The highest BCUT2D eigenvalue weighted by Crippen LogP contribution is 2.34. The molecule has 0 radical (unpaired) electrons. The zero-order valence-corrected chi connectivity index (χ0v) is 23.0. The van der Waals surface area contributed by atoms with E-state index in [1.54, 1.807) is 6.07 Å². The van der Waals surface area contributed by atoms with E-state index in [0.717, 1.165) is 24.8 Å². The molecule has 2 aliphatic carbocycles. The smallest absolute Gasteiger partial charge is 0.267 e. The number of H-pyrrole nitrogens is 2. The molecule has 32 heavy (non-hydrogen) atoms. The lowest BCUT2D eigenvalue weighted by Crippen LogP contribution is -2.42. The van der Waals surface area contributed by atoms with Gasteiger partial charge in [-0.25, -0.2) is 4.98 Å². The van der Waals surface area contributed by atoms with E-state index in [0.29, 0.717) is 54.2 Å². The van der Waals surface area contributed by atoms with Gasteiger partial charge in [-0.15, -0.1) is 0 Å². The first-order chi connectivity index (χ1) is 15.2. The van der Waals surface area contributed by atoms with Crippen LogP contribution in [0, 0.1) is 11.8 Å². The van der Waals surface area contributed by atoms with Crippen LogP contribution < -0.4 is 16.4 Å². The molecule has 2 aromatic rings. The highest BCUT2D eigenvalue weighted by Gasteiger charge is 2.32. The zero-order valence-electron chi connectivity index (χ0n) is 16.7. The van der Waals surface area contributed by atoms with Gasteiger partial charge in [-0.05, 0) is 84.6 Å². The van der Waals surface area contributed by atoms with Crippen LogP contribution in [0.3, 0.4) is 0 Å². The van der Waals surface area contributed by atoms with Crippen LogP contribution in [0.25, 0.3) is 0 Å². The Morgan fingerprint density at radius 3 is 2.38 bits per heavy atom. The fourth-order valence-electron chi connectivity index (χ4n) is 3.99. The summed E-state index contributed by atoms with van der Waals surface area (Å²) in [7, 11) is 0. The lowest BCUT2D eigenvalue weighted by atomic mass is 9.79. The van der Waals surface area contributed by atoms with Gasteiger partial charge in [-0.3, -0.25) is 9.59 Å². The lowest BCUT2D eigenvalue weighted by Gasteiger charge is -2.31. The normalized spacial score (nSPS) is 20.2. The van der Waals surface area contributed by atoms with Gasteiger partial charge in [-0.2, -0.15) is 0 Å². The number of anilines is 1. The van der Waals surface area contributed by atoms with Crippen molar-refractivity contribution < 1.29 is 9.59 Å². The first kappa shape index (κ1) is 23.8. The molecule has 170 valence electrons. The molecule has 2 atom stereocenters. The lowest BCUT2D eigenvalue weighted by molar-refractivity contribution is -0.117. The van der Waals surface area contributed by atoms with Gasteiger partial charge in [0, 0.05) is 39.7 Å². The van der Waals surface area contributed by atoms with Crippen molar-refractivity contribution in [2.75, 3.05) is 18.8 Å². The number of nitrogens with one attached hydrogen (secondary N) is 4. The van der Waals surface area contributed by atoms with E-state index < -0.39 is 0 Å². The standard InChI is InChI=1S/C20H20Br4N6O2/c21-11-1-8(2-12(11)22)18(31)26-6-9-3-14-15(30-20(25)29-14)4-10(9)7-27-19(32)16-5-13(23)17(24)28-16/h1,5,9-10,28H,2-4,6-7H2,(H,26,31)(H,27,32)(H3,25,29,30). The third kappa shape index (κ3) is 5.23. The van der Waals surface area contributed by atoms with Gasteiger partial charge >= 0.3 is 0 Å². The van der Waals surface area contributed by atoms with Gasteiger partial charge in [0.25, 0.3) is 5.91 Å². The quantitative estimate of drug-likeness (QED) is 0.313. The van der Waals surface area contributed by atoms with Crippen molar-refractivity contribution in [2.45, 2.75) is 19.3 Å². The minimum Gasteiger partial charge on any atom is -0.369 e. The molecule has 2 unspecified atom stereocenters. The molecule has 2 aromatic heterocycles. The Balaban J connectivity index is 1.41. The topological polar surface area (TPSA) is 129 Å². The van der Waals surface area contributed by atoms with Crippen LogP contribution in [0.4, 0.5) is 5.95 Å². The van der Waals surface area contributed by atoms with E-state index in [2.05, 4.69) is 89.3 Å². The molecule has 6 N–H and O–H groups in total. The highest BCUT2D eigenvalue weighted by molar-refractivity contribution is 9.14. The number of hydrogen-bond acceptors (Lipinski definition) is 4. The van der Waals surface area contributed by atoms with Gasteiger partial charge < -0.3 is 26.3 Å². The molecular weight excluding hydrogens is 676 g/mol. The Hall–Kier alpha value is -1.37. The molecular formula is C20H20Br4N6O2. The first-order valence-electron chi connectivity index (χ1n) is 9.89. The Morgan fingerprint density at radius 1 is 1.06 bits per heavy atom. The number of fused-ring (bicyclic) bond motifs is 1. The molecule has 0 spiro atoms. The molecule has 0 aliphatic heterocycles. The Bertz CT molecular complexity index is 1120. The van der Waals surface area contributed by atoms with E-state index >= 15 is 0 Å². The predicted octanol–water partition coefficient (Wildman–Crippen LogP) is 4.05. The van der Waals surface area contributed by atoms with Crippen molar-refractivity contribution >= 4 is 81.5 Å². The maximum Gasteiger partial charge on any atom is 0.267 e. The third-order valence-corrected chi connectivity index (χ3v) is 9.42. The van der Waals surface area contributed by atoms with Crippen LogP contribution in [-0.4, -0.2) is 39.9 Å². The van der Waals surface area contributed by atoms with Gasteiger partial charge in [0.1, 0.15) is 5.69 Å². The van der Waals surface area contributed by atoms with Crippen LogP contribution in [0.1, 0.15) is 28.3 Å². The molecule has 0 aromatic carbocycles. The third-order valence-electron chi connectivity index (χ3n) is 5.69. The average molecular weight is 696 g/mol. The largest absolute Gasteiger partial charge is 0.369 e. The summed E-state index contributed by atoms with van der Waals surface area (Å²) < 4.78 is 3.35. The number of aromatic amines is 2. The summed E-state index contributed by atoms with van der Waals surface area (Å²) in [6, 6.07) is 1.73. The van der Waals surface area contributed by atoms with Crippen LogP contribution >= 0.6 is 63.7 Å². The average Bonchev–Trinajstić information content (AvgIpc) is 3.39. The van der Waals surface area contributed by atoms with E-state index in [-0.39, 0.29) is 23.7 Å². The number of hydrogen-bond donors (Lipinski definition) is 5. The number of carbonyl (C=O) groups excluding carboxylic acids is 2. The molecule has 12 heteroatoms. The minimum atomic E-state index is -0.191. The second kappa shape index (κ2) is 9.86. The van der Waals surface area contributed by atoms with Gasteiger partial charge in [0.2, 0.25) is 5.91 Å². The molecule has 4 rings (SSSR count). The molecule has 8 nitrogen and oxygen atoms in total. The molecule has 2 aliphatic rings. The van der Waals surface area contributed by atoms with E-state index in [1.807, 2.05) is 6.08 Å². The summed E-state index contributed by atoms with van der Waals surface area (Å²) in [6.07, 6.45) is 3.77. The number of rotatable bonds is 6. The van der Waals surface area contributed by atoms with E-state index in [4.69, 9.17) is 5.73 Å². The minimum absolute atomic E-state index is 0.0878. The van der Waals surface area contributed by atoms with Crippen LogP contribution in [0.5, 0.6) is 0 Å². The molecule has 2 amide bonds. The van der Waals surface area contributed by atoms with Crippen molar-refractivity contribution in [1.82, 2.24) is 25.6 Å². The maximum atomic E-state index is 12.7. The van der Waals surface area contributed by atoms with Crippen molar-refractivity contribution in [3.8, 4) is 0 Å². The zero-order chi connectivity index (χ0) is 23.0. The van der Waals surface area contributed by atoms with Crippen molar-refractivity contribution in [3.63, 3.8) is 0 Å². The van der Waals surface area contributed by atoms with E-state index in [1.165, 1.54) is 0 Å². The Morgan fingerprint density at radius 2 is 1.75 bits per heavy atom. The van der Waals surface area contributed by atoms with Crippen molar-refractivity contribution in [2.24, 2.45) is 11.8 Å². The number of nitrogen functional groups attached to an aromatic ring is 1. The second-order valence-corrected chi connectivity index (χ2v) is 11.3. The van der Waals surface area contributed by atoms with Crippen LogP contribution in [-0.2, 0) is 17.6 Å². The summed E-state index contributed by atoms with van der Waals surface area (Å²) in [5, 5.41) is 6.07.